The molecule has 0 bridgehead atoms. The van der Waals surface area contributed by atoms with Crippen molar-refractivity contribution in [1.82, 2.24) is 0 Å². The predicted octanol–water partition coefficient (Wildman–Crippen LogP) is 2.77. The zero-order valence-corrected chi connectivity index (χ0v) is 12.7. The quantitative estimate of drug-likeness (QED) is 0.613. The molecule has 0 fully saturated rings. The van der Waals surface area contributed by atoms with Crippen molar-refractivity contribution < 1.29 is 26.3 Å². The number of hydrogen-bond donors (Lipinski definition) is 1. The van der Waals surface area contributed by atoms with E-state index >= 15 is 0 Å². The molecule has 0 aromatic heterocycles. The van der Waals surface area contributed by atoms with Crippen LogP contribution in [0.5, 0.6) is 0 Å². The molecule has 4 nitrogen and oxygen atoms in total. The van der Waals surface area contributed by atoms with Gasteiger partial charge in [0.25, 0.3) is 0 Å². The maximum atomic E-state index is 12.0. The summed E-state index contributed by atoms with van der Waals surface area (Å²) in [4.78, 5) is 0.0579. The van der Waals surface area contributed by atoms with Crippen molar-refractivity contribution >= 4 is 31.5 Å². The first-order valence-electron chi connectivity index (χ1n) is 5.54. The fourth-order valence-electron chi connectivity index (χ4n) is 1.42. The minimum absolute atomic E-state index is 0.0186. The van der Waals surface area contributed by atoms with Crippen LogP contribution in [0.3, 0.4) is 0 Å². The first-order valence-corrected chi connectivity index (χ1v) is 7.98. The van der Waals surface area contributed by atoms with Crippen LogP contribution in [0.15, 0.2) is 27.6 Å². The molecule has 0 saturated carbocycles. The van der Waals surface area contributed by atoms with Crippen molar-refractivity contribution in [2.24, 2.45) is 0 Å². The Morgan fingerprint density at radius 1 is 1.30 bits per heavy atom. The number of alkyl halides is 3. The van der Waals surface area contributed by atoms with E-state index in [0.717, 1.165) is 0 Å². The van der Waals surface area contributed by atoms with Crippen LogP contribution in [0.1, 0.15) is 6.42 Å². The molecule has 1 aromatic rings. The average Bonchev–Trinajstić information content (AvgIpc) is 2.26. The van der Waals surface area contributed by atoms with Gasteiger partial charge in [-0.05, 0) is 40.5 Å². The Balaban J connectivity index is 2.54. The lowest BCUT2D eigenvalue weighted by Crippen LogP contribution is -2.18. The highest BCUT2D eigenvalue weighted by Gasteiger charge is 2.27. The molecule has 0 aliphatic rings. The van der Waals surface area contributed by atoms with Gasteiger partial charge in [0.15, 0.2) is 9.84 Å². The van der Waals surface area contributed by atoms with Crippen LogP contribution < -0.4 is 5.73 Å². The van der Waals surface area contributed by atoms with Crippen molar-refractivity contribution in [2.45, 2.75) is 17.5 Å². The van der Waals surface area contributed by atoms with Gasteiger partial charge in [-0.3, -0.25) is 0 Å². The molecule has 114 valence electrons. The van der Waals surface area contributed by atoms with Crippen LogP contribution in [0.2, 0.25) is 0 Å². The van der Waals surface area contributed by atoms with Gasteiger partial charge in [0.05, 0.1) is 10.6 Å². The summed E-state index contributed by atoms with van der Waals surface area (Å²) in [5, 5.41) is 0. The Morgan fingerprint density at radius 2 is 1.95 bits per heavy atom. The molecule has 1 rings (SSSR count). The number of hydrogen-bond acceptors (Lipinski definition) is 4. The zero-order chi connectivity index (χ0) is 15.4. The second-order valence-electron chi connectivity index (χ2n) is 4.03. The summed E-state index contributed by atoms with van der Waals surface area (Å²) in [6, 6.07) is 4.25. The molecule has 0 aliphatic carbocycles. The Kier molecular flexibility index (Phi) is 5.84. The Morgan fingerprint density at radius 3 is 2.50 bits per heavy atom. The van der Waals surface area contributed by atoms with Crippen LogP contribution in [0.4, 0.5) is 18.9 Å². The molecule has 0 atom stereocenters. The van der Waals surface area contributed by atoms with E-state index in [-0.39, 0.29) is 23.7 Å². The van der Waals surface area contributed by atoms with Gasteiger partial charge in [-0.2, -0.15) is 13.2 Å². The second kappa shape index (κ2) is 6.77. The Hall–Kier alpha value is -0.800. The lowest BCUT2D eigenvalue weighted by molar-refractivity contribution is -0.173. The van der Waals surface area contributed by atoms with E-state index in [1.54, 1.807) is 0 Å². The summed E-state index contributed by atoms with van der Waals surface area (Å²) in [6.45, 7) is -1.65. The van der Waals surface area contributed by atoms with Crippen LogP contribution in [0.25, 0.3) is 0 Å². The molecule has 0 heterocycles. The first-order chi connectivity index (χ1) is 9.12. The lowest BCUT2D eigenvalue weighted by atomic mass is 10.3. The third-order valence-corrected chi connectivity index (χ3v) is 5.03. The Bertz CT molecular complexity index is 561. The number of halogens is 4. The third kappa shape index (κ3) is 5.68. The van der Waals surface area contributed by atoms with E-state index in [1.807, 2.05) is 0 Å². The number of ether oxygens (including phenoxy) is 1. The summed E-state index contributed by atoms with van der Waals surface area (Å²) in [5.74, 6) is -0.298. The molecule has 0 amide bonds. The smallest absolute Gasteiger partial charge is 0.399 e. The summed E-state index contributed by atoms with van der Waals surface area (Å²) < 4.78 is 64.1. The minimum Gasteiger partial charge on any atom is -0.399 e. The second-order valence-corrected chi connectivity index (χ2v) is 6.96. The fraction of sp³-hybridized carbons (Fsp3) is 0.455. The summed E-state index contributed by atoms with van der Waals surface area (Å²) >= 11 is 3.09. The number of nitrogen functional groups attached to an aromatic ring is 1. The van der Waals surface area contributed by atoms with Gasteiger partial charge in [0.2, 0.25) is 0 Å². The van der Waals surface area contributed by atoms with E-state index in [4.69, 9.17) is 5.73 Å². The monoisotopic (exact) mass is 375 g/mol. The highest BCUT2D eigenvalue weighted by Crippen LogP contribution is 2.25. The largest absolute Gasteiger partial charge is 0.411 e. The number of anilines is 1. The molecular weight excluding hydrogens is 363 g/mol. The van der Waals surface area contributed by atoms with Crippen LogP contribution in [0, 0.1) is 0 Å². The van der Waals surface area contributed by atoms with Gasteiger partial charge >= 0.3 is 6.18 Å². The van der Waals surface area contributed by atoms with Crippen LogP contribution >= 0.6 is 15.9 Å². The number of rotatable bonds is 6. The molecule has 20 heavy (non-hydrogen) atoms. The predicted molar refractivity (Wildman–Crippen MR) is 72.1 cm³/mol. The van der Waals surface area contributed by atoms with Crippen molar-refractivity contribution in [2.75, 3.05) is 24.7 Å². The van der Waals surface area contributed by atoms with Crippen molar-refractivity contribution in [3.05, 3.63) is 22.7 Å². The van der Waals surface area contributed by atoms with Gasteiger partial charge in [-0.25, -0.2) is 8.42 Å². The SMILES string of the molecule is Nc1ccc(S(=O)(=O)CCCOCC(F)(F)F)c(Br)c1. The number of benzene rings is 1. The van der Waals surface area contributed by atoms with Crippen molar-refractivity contribution in [3.8, 4) is 0 Å². The molecule has 1 aromatic carbocycles. The summed E-state index contributed by atoms with van der Waals surface area (Å²) in [7, 11) is -3.59. The molecule has 0 spiro atoms. The van der Waals surface area contributed by atoms with E-state index in [0.29, 0.717) is 10.2 Å². The molecule has 0 saturated heterocycles. The summed E-state index contributed by atoms with van der Waals surface area (Å²) in [6.07, 6.45) is -4.42. The van der Waals surface area contributed by atoms with Gasteiger partial charge in [-0.1, -0.05) is 0 Å². The third-order valence-electron chi connectivity index (χ3n) is 2.26. The van der Waals surface area contributed by atoms with Crippen LogP contribution in [-0.4, -0.2) is 33.6 Å². The van der Waals surface area contributed by atoms with E-state index in [1.165, 1.54) is 18.2 Å². The van der Waals surface area contributed by atoms with Gasteiger partial charge < -0.3 is 10.5 Å². The van der Waals surface area contributed by atoms with Gasteiger partial charge in [0, 0.05) is 16.8 Å². The molecule has 2 N–H and O–H groups in total. The molecule has 9 heteroatoms. The minimum atomic E-state index is -4.40. The average molecular weight is 376 g/mol. The van der Waals surface area contributed by atoms with Crippen molar-refractivity contribution in [1.29, 1.82) is 0 Å². The molecule has 0 unspecified atom stereocenters. The molecule has 0 radical (unpaired) electrons. The van der Waals surface area contributed by atoms with Gasteiger partial charge in [0.1, 0.15) is 6.61 Å². The van der Waals surface area contributed by atoms with E-state index < -0.39 is 22.6 Å². The molecular formula is C11H13BrF3NO3S. The topological polar surface area (TPSA) is 69.4 Å². The Labute approximate surface area is 123 Å². The lowest BCUT2D eigenvalue weighted by Gasteiger charge is -2.09. The normalized spacial score (nSPS) is 12.6. The summed E-state index contributed by atoms with van der Waals surface area (Å²) in [5.41, 5.74) is 5.91. The van der Waals surface area contributed by atoms with E-state index in [9.17, 15) is 21.6 Å². The first kappa shape index (κ1) is 17.3. The van der Waals surface area contributed by atoms with Gasteiger partial charge in [-0.15, -0.1) is 0 Å². The highest BCUT2D eigenvalue weighted by atomic mass is 79.9. The fourth-order valence-corrected chi connectivity index (χ4v) is 3.90. The standard InChI is InChI=1S/C11H13BrF3NO3S/c12-9-6-8(16)2-3-10(9)20(17,18)5-1-4-19-7-11(13,14)15/h2-3,6H,1,4-5,7,16H2. The van der Waals surface area contributed by atoms with Crippen LogP contribution in [-0.2, 0) is 14.6 Å². The maximum absolute atomic E-state index is 12.0. The van der Waals surface area contributed by atoms with Crippen molar-refractivity contribution in [3.63, 3.8) is 0 Å². The number of sulfone groups is 1. The molecule has 0 aliphatic heterocycles. The zero-order valence-electron chi connectivity index (χ0n) is 10.3. The number of nitrogens with two attached hydrogens (primary N) is 1. The maximum Gasteiger partial charge on any atom is 0.411 e. The highest BCUT2D eigenvalue weighted by molar-refractivity contribution is 9.10. The van der Waals surface area contributed by atoms with E-state index in [2.05, 4.69) is 20.7 Å².